The lowest BCUT2D eigenvalue weighted by atomic mass is 9.91. The number of nitriles is 1. The topological polar surface area (TPSA) is 40.9 Å². The third kappa shape index (κ3) is 2.10. The van der Waals surface area contributed by atoms with E-state index in [1.807, 2.05) is 17.5 Å². The monoisotopic (exact) mass is 219 g/mol. The van der Waals surface area contributed by atoms with Crippen LogP contribution in [0.3, 0.4) is 0 Å². The maximum atomic E-state index is 12.1. The van der Waals surface area contributed by atoms with Gasteiger partial charge in [-0.3, -0.25) is 4.79 Å². The van der Waals surface area contributed by atoms with Crippen LogP contribution in [0.4, 0.5) is 0 Å². The zero-order chi connectivity index (χ0) is 10.7. The van der Waals surface area contributed by atoms with Crippen molar-refractivity contribution >= 4 is 17.1 Å². The van der Waals surface area contributed by atoms with Crippen molar-refractivity contribution in [3.63, 3.8) is 0 Å². The average Bonchev–Trinajstić information content (AvgIpc) is 2.91. The van der Waals surface area contributed by atoms with Gasteiger partial charge >= 0.3 is 0 Å². The number of carbonyl (C=O) groups is 1. The third-order valence-corrected chi connectivity index (χ3v) is 3.94. The predicted molar refractivity (Wildman–Crippen MR) is 59.6 cm³/mol. The van der Waals surface area contributed by atoms with E-state index in [-0.39, 0.29) is 11.7 Å². The zero-order valence-corrected chi connectivity index (χ0v) is 9.30. The molecule has 15 heavy (non-hydrogen) atoms. The van der Waals surface area contributed by atoms with Crippen LogP contribution in [0, 0.1) is 17.2 Å². The van der Waals surface area contributed by atoms with Crippen LogP contribution in [-0.2, 0) is 4.79 Å². The van der Waals surface area contributed by atoms with Crippen LogP contribution in [0.2, 0.25) is 0 Å². The van der Waals surface area contributed by atoms with Gasteiger partial charge in [0.1, 0.15) is 5.92 Å². The molecule has 0 bridgehead atoms. The predicted octanol–water partition coefficient (Wildman–Crippen LogP) is 3.11. The van der Waals surface area contributed by atoms with Crippen LogP contribution in [-0.4, -0.2) is 5.78 Å². The molecule has 1 fully saturated rings. The number of hydrogen-bond acceptors (Lipinski definition) is 3. The molecular formula is C12H13NOS. The highest BCUT2D eigenvalue weighted by molar-refractivity contribution is 7.10. The van der Waals surface area contributed by atoms with Crippen LogP contribution in [0.15, 0.2) is 17.5 Å². The summed E-state index contributed by atoms with van der Waals surface area (Å²) in [6.45, 7) is 0. The van der Waals surface area contributed by atoms with Gasteiger partial charge in [0.2, 0.25) is 0 Å². The van der Waals surface area contributed by atoms with Gasteiger partial charge in [0.15, 0.2) is 5.78 Å². The second-order valence-corrected chi connectivity index (χ2v) is 4.94. The molecule has 1 unspecified atom stereocenters. The Kier molecular flexibility index (Phi) is 3.17. The SMILES string of the molecule is N#CC(C(=O)C1CCCC1)c1cccs1. The van der Waals surface area contributed by atoms with E-state index in [0.717, 1.165) is 30.6 Å². The van der Waals surface area contributed by atoms with Gasteiger partial charge in [-0.2, -0.15) is 5.26 Å². The number of ketones is 1. The molecule has 0 amide bonds. The molecule has 0 aromatic carbocycles. The van der Waals surface area contributed by atoms with Crippen molar-refractivity contribution in [3.8, 4) is 6.07 Å². The van der Waals surface area contributed by atoms with Crippen molar-refractivity contribution in [1.29, 1.82) is 5.26 Å². The molecule has 1 heterocycles. The molecule has 1 aromatic rings. The third-order valence-electron chi connectivity index (χ3n) is 3.00. The first kappa shape index (κ1) is 10.4. The van der Waals surface area contributed by atoms with E-state index >= 15 is 0 Å². The van der Waals surface area contributed by atoms with E-state index in [4.69, 9.17) is 5.26 Å². The summed E-state index contributed by atoms with van der Waals surface area (Å²) in [5.74, 6) is -0.248. The Hall–Kier alpha value is -1.14. The quantitative estimate of drug-likeness (QED) is 0.783. The van der Waals surface area contributed by atoms with Gasteiger partial charge < -0.3 is 0 Å². The first-order valence-electron chi connectivity index (χ1n) is 5.29. The number of rotatable bonds is 3. The van der Waals surface area contributed by atoms with Crippen LogP contribution < -0.4 is 0 Å². The smallest absolute Gasteiger partial charge is 0.158 e. The normalized spacial score (nSPS) is 18.6. The number of nitrogens with zero attached hydrogens (tertiary/aromatic N) is 1. The van der Waals surface area contributed by atoms with Crippen LogP contribution in [0.5, 0.6) is 0 Å². The van der Waals surface area contributed by atoms with Crippen molar-refractivity contribution in [2.75, 3.05) is 0 Å². The molecule has 1 saturated carbocycles. The minimum absolute atomic E-state index is 0.136. The van der Waals surface area contributed by atoms with Gasteiger partial charge in [0.05, 0.1) is 6.07 Å². The van der Waals surface area contributed by atoms with Crippen molar-refractivity contribution < 1.29 is 4.79 Å². The molecule has 0 N–H and O–H groups in total. The van der Waals surface area contributed by atoms with Crippen molar-refractivity contribution in [3.05, 3.63) is 22.4 Å². The van der Waals surface area contributed by atoms with Crippen LogP contribution >= 0.6 is 11.3 Å². The van der Waals surface area contributed by atoms with Gasteiger partial charge in [0, 0.05) is 10.8 Å². The molecule has 0 radical (unpaired) electrons. The van der Waals surface area contributed by atoms with E-state index in [9.17, 15) is 4.79 Å². The summed E-state index contributed by atoms with van der Waals surface area (Å²) in [5, 5.41) is 11.0. The minimum atomic E-state index is -0.520. The maximum absolute atomic E-state index is 12.1. The number of thiophene rings is 1. The average molecular weight is 219 g/mol. The van der Waals surface area contributed by atoms with Gasteiger partial charge in [-0.1, -0.05) is 18.9 Å². The molecule has 1 aliphatic carbocycles. The highest BCUT2D eigenvalue weighted by atomic mass is 32.1. The molecule has 0 saturated heterocycles. The van der Waals surface area contributed by atoms with E-state index in [0.29, 0.717) is 0 Å². The second kappa shape index (κ2) is 4.59. The highest BCUT2D eigenvalue weighted by Gasteiger charge is 2.30. The number of carbonyl (C=O) groups excluding carboxylic acids is 1. The Labute approximate surface area is 93.5 Å². The number of Topliss-reactive ketones (excluding diaryl/α,β-unsaturated/α-hetero) is 1. The standard InChI is InChI=1S/C12H13NOS/c13-8-10(11-6-3-7-15-11)12(14)9-4-1-2-5-9/h3,6-7,9-10H,1-2,4-5H2. The maximum Gasteiger partial charge on any atom is 0.158 e. The molecule has 0 spiro atoms. The Balaban J connectivity index is 2.14. The zero-order valence-electron chi connectivity index (χ0n) is 8.48. The van der Waals surface area contributed by atoms with E-state index in [1.165, 1.54) is 11.3 Å². The summed E-state index contributed by atoms with van der Waals surface area (Å²) in [5.41, 5.74) is 0. The van der Waals surface area contributed by atoms with Crippen molar-refractivity contribution in [2.24, 2.45) is 5.92 Å². The lowest BCUT2D eigenvalue weighted by Crippen LogP contribution is -2.18. The van der Waals surface area contributed by atoms with Gasteiger partial charge in [-0.15, -0.1) is 11.3 Å². The van der Waals surface area contributed by atoms with E-state index in [1.54, 1.807) is 0 Å². The summed E-state index contributed by atoms with van der Waals surface area (Å²) in [7, 11) is 0. The molecule has 1 atom stereocenters. The second-order valence-electron chi connectivity index (χ2n) is 3.96. The Morgan fingerprint density at radius 3 is 2.80 bits per heavy atom. The Morgan fingerprint density at radius 2 is 2.27 bits per heavy atom. The lowest BCUT2D eigenvalue weighted by Gasteiger charge is -2.11. The lowest BCUT2D eigenvalue weighted by molar-refractivity contribution is -0.122. The minimum Gasteiger partial charge on any atom is -0.297 e. The number of hydrogen-bond donors (Lipinski definition) is 0. The molecule has 78 valence electrons. The molecule has 2 nitrogen and oxygen atoms in total. The molecule has 1 aliphatic rings. The first-order valence-corrected chi connectivity index (χ1v) is 6.17. The fraction of sp³-hybridized carbons (Fsp3) is 0.500. The van der Waals surface area contributed by atoms with Crippen LogP contribution in [0.25, 0.3) is 0 Å². The fourth-order valence-electron chi connectivity index (χ4n) is 2.17. The highest BCUT2D eigenvalue weighted by Crippen LogP contribution is 2.32. The summed E-state index contributed by atoms with van der Waals surface area (Å²) in [6.07, 6.45) is 4.22. The van der Waals surface area contributed by atoms with Crippen molar-refractivity contribution in [2.45, 2.75) is 31.6 Å². The van der Waals surface area contributed by atoms with E-state index in [2.05, 4.69) is 6.07 Å². The van der Waals surface area contributed by atoms with Crippen molar-refractivity contribution in [1.82, 2.24) is 0 Å². The Morgan fingerprint density at radius 1 is 1.53 bits per heavy atom. The summed E-state index contributed by atoms with van der Waals surface area (Å²) in [4.78, 5) is 13.0. The molecular weight excluding hydrogens is 206 g/mol. The summed E-state index contributed by atoms with van der Waals surface area (Å²) >= 11 is 1.50. The molecule has 0 aliphatic heterocycles. The fourth-order valence-corrected chi connectivity index (χ4v) is 2.95. The summed E-state index contributed by atoms with van der Waals surface area (Å²) < 4.78 is 0. The van der Waals surface area contributed by atoms with Gasteiger partial charge in [-0.05, 0) is 24.3 Å². The van der Waals surface area contributed by atoms with Gasteiger partial charge in [0.25, 0.3) is 0 Å². The van der Waals surface area contributed by atoms with Crippen LogP contribution in [0.1, 0.15) is 36.5 Å². The first-order chi connectivity index (χ1) is 7.33. The largest absolute Gasteiger partial charge is 0.297 e. The molecule has 2 rings (SSSR count). The van der Waals surface area contributed by atoms with E-state index < -0.39 is 5.92 Å². The summed E-state index contributed by atoms with van der Waals surface area (Å²) in [6, 6.07) is 5.92. The molecule has 1 aromatic heterocycles. The van der Waals surface area contributed by atoms with Gasteiger partial charge in [-0.25, -0.2) is 0 Å². The molecule has 3 heteroatoms. The Bertz CT molecular complexity index is 371.